The van der Waals surface area contributed by atoms with Gasteiger partial charge in [-0.15, -0.1) is 0 Å². The standard InChI is InChI=1S/C34H42N4O7/c1-33(2,3)45-32(44)35-26-17-8-6-4-5-7-14-23-20-34(23,31(42)43)36-28(39)27-21-37(18-19-38(27)30(26)41)29(40)25-16-11-13-22-12-9-10-15-24(22)25/h7,9-16,23,26-27H,4-6,8,17-21H2,1-3H3,(H,35,44)(H,36,39)(H,42,43)/b14-7+/t23?,26-,27-,34-/m0/s1. The molecule has 2 aromatic rings. The maximum atomic E-state index is 14.1. The van der Waals surface area contributed by atoms with E-state index in [-0.39, 0.29) is 37.9 Å². The highest BCUT2D eigenvalue weighted by molar-refractivity contribution is 6.07. The van der Waals surface area contributed by atoms with E-state index in [4.69, 9.17) is 4.74 Å². The van der Waals surface area contributed by atoms with Crippen molar-refractivity contribution in [1.29, 1.82) is 0 Å². The molecule has 11 heteroatoms. The average Bonchev–Trinajstić information content (AvgIpc) is 3.70. The molecule has 3 aliphatic rings. The molecule has 4 amide bonds. The Balaban J connectivity index is 1.46. The van der Waals surface area contributed by atoms with Crippen molar-refractivity contribution in [3.05, 3.63) is 60.2 Å². The van der Waals surface area contributed by atoms with Crippen molar-refractivity contribution in [2.45, 2.75) is 82.5 Å². The van der Waals surface area contributed by atoms with Gasteiger partial charge in [-0.2, -0.15) is 0 Å². The van der Waals surface area contributed by atoms with Gasteiger partial charge in [0, 0.05) is 24.6 Å². The number of hydrogen-bond acceptors (Lipinski definition) is 6. The quantitative estimate of drug-likeness (QED) is 0.443. The highest BCUT2D eigenvalue weighted by Gasteiger charge is 2.61. The molecule has 3 N–H and O–H groups in total. The Bertz CT molecular complexity index is 1510. The van der Waals surface area contributed by atoms with Crippen molar-refractivity contribution in [2.75, 3.05) is 19.6 Å². The molecule has 11 nitrogen and oxygen atoms in total. The van der Waals surface area contributed by atoms with Crippen LogP contribution in [0.4, 0.5) is 4.79 Å². The van der Waals surface area contributed by atoms with Gasteiger partial charge in [-0.1, -0.05) is 61.4 Å². The van der Waals surface area contributed by atoms with Crippen LogP contribution in [0.1, 0.15) is 69.7 Å². The third kappa shape index (κ3) is 7.13. The number of benzene rings is 2. The second-order valence-corrected chi connectivity index (χ2v) is 13.2. The Morgan fingerprint density at radius 3 is 2.53 bits per heavy atom. The van der Waals surface area contributed by atoms with Crippen molar-refractivity contribution in [3.63, 3.8) is 0 Å². The Hall–Kier alpha value is -4.41. The number of fused-ring (bicyclic) bond motifs is 3. The number of amides is 4. The molecule has 0 spiro atoms. The summed E-state index contributed by atoms with van der Waals surface area (Å²) in [7, 11) is 0. The smallest absolute Gasteiger partial charge is 0.408 e. The fourth-order valence-corrected chi connectivity index (χ4v) is 6.26. The van der Waals surface area contributed by atoms with E-state index in [2.05, 4.69) is 10.6 Å². The zero-order valence-corrected chi connectivity index (χ0v) is 26.1. The molecule has 2 heterocycles. The number of nitrogens with zero attached hydrogens (tertiary/aromatic N) is 2. The van der Waals surface area contributed by atoms with Gasteiger partial charge < -0.3 is 30.3 Å². The maximum absolute atomic E-state index is 14.1. The van der Waals surface area contributed by atoms with E-state index in [1.54, 1.807) is 32.9 Å². The summed E-state index contributed by atoms with van der Waals surface area (Å²) >= 11 is 0. The number of alkyl carbamates (subject to hydrolysis) is 1. The number of carbonyl (C=O) groups excluding carboxylic acids is 4. The molecule has 0 radical (unpaired) electrons. The van der Waals surface area contributed by atoms with Crippen molar-refractivity contribution < 1.29 is 33.8 Å². The molecule has 0 aromatic heterocycles. The molecule has 2 aromatic carbocycles. The van der Waals surface area contributed by atoms with Gasteiger partial charge in [-0.25, -0.2) is 9.59 Å². The van der Waals surface area contributed by atoms with E-state index >= 15 is 0 Å². The highest BCUT2D eigenvalue weighted by atomic mass is 16.6. The van der Waals surface area contributed by atoms with Gasteiger partial charge >= 0.3 is 12.1 Å². The van der Waals surface area contributed by atoms with Gasteiger partial charge in [0.15, 0.2) is 0 Å². The van der Waals surface area contributed by atoms with Crippen LogP contribution in [0, 0.1) is 5.92 Å². The molecule has 5 rings (SSSR count). The zero-order valence-electron chi connectivity index (χ0n) is 26.1. The summed E-state index contributed by atoms with van der Waals surface area (Å²) in [6.07, 6.45) is 6.66. The van der Waals surface area contributed by atoms with Crippen molar-refractivity contribution in [2.24, 2.45) is 5.92 Å². The van der Waals surface area contributed by atoms with E-state index < -0.39 is 47.1 Å². The third-order valence-corrected chi connectivity index (χ3v) is 8.74. The number of carboxylic acid groups (broad SMARTS) is 1. The molecule has 2 fully saturated rings. The van der Waals surface area contributed by atoms with Gasteiger partial charge in [0.05, 0.1) is 6.54 Å². The Morgan fingerprint density at radius 1 is 1.02 bits per heavy atom. The summed E-state index contributed by atoms with van der Waals surface area (Å²) in [4.78, 5) is 70.1. The summed E-state index contributed by atoms with van der Waals surface area (Å²) < 4.78 is 5.44. The van der Waals surface area contributed by atoms with Gasteiger partial charge in [-0.05, 0) is 63.3 Å². The van der Waals surface area contributed by atoms with Gasteiger partial charge in [-0.3, -0.25) is 14.4 Å². The summed E-state index contributed by atoms with van der Waals surface area (Å²) in [6, 6.07) is 10.9. The van der Waals surface area contributed by atoms with Crippen LogP contribution in [-0.2, 0) is 19.1 Å². The molecule has 0 bridgehead atoms. The predicted molar refractivity (Wildman–Crippen MR) is 167 cm³/mol. The average molecular weight is 619 g/mol. The third-order valence-electron chi connectivity index (χ3n) is 8.74. The molecular formula is C34H42N4O7. The van der Waals surface area contributed by atoms with Crippen molar-refractivity contribution in [1.82, 2.24) is 20.4 Å². The monoisotopic (exact) mass is 618 g/mol. The molecule has 1 aliphatic carbocycles. The lowest BCUT2D eigenvalue weighted by Gasteiger charge is -2.42. The minimum atomic E-state index is -1.47. The van der Waals surface area contributed by atoms with Crippen molar-refractivity contribution >= 4 is 40.6 Å². The first-order valence-electron chi connectivity index (χ1n) is 15.7. The van der Waals surface area contributed by atoms with E-state index in [0.717, 1.165) is 30.0 Å². The van der Waals surface area contributed by atoms with Crippen LogP contribution in [0.3, 0.4) is 0 Å². The highest BCUT2D eigenvalue weighted by Crippen LogP contribution is 2.45. The molecule has 1 saturated heterocycles. The topological polar surface area (TPSA) is 145 Å². The number of piperazine rings is 1. The van der Waals surface area contributed by atoms with E-state index in [0.29, 0.717) is 18.4 Å². The lowest BCUT2D eigenvalue weighted by molar-refractivity contribution is -0.148. The molecule has 4 atom stereocenters. The first-order chi connectivity index (χ1) is 21.4. The molecule has 1 saturated carbocycles. The number of carbonyl (C=O) groups is 5. The molecular weight excluding hydrogens is 576 g/mol. The SMILES string of the molecule is CC(C)(C)OC(=O)N[C@H]1CCCCC/C=C/C2C[C@]2(C(=O)O)NC(=O)[C@@H]2CN(C(=O)c3cccc4ccccc34)CCN2C1=O. The molecule has 240 valence electrons. The van der Waals surface area contributed by atoms with Crippen LogP contribution in [0.2, 0.25) is 0 Å². The van der Waals surface area contributed by atoms with Crippen LogP contribution in [0.25, 0.3) is 10.8 Å². The van der Waals surface area contributed by atoms with E-state index in [1.807, 2.05) is 42.5 Å². The Kier molecular flexibility index (Phi) is 9.18. The van der Waals surface area contributed by atoms with E-state index in [1.165, 1.54) is 9.80 Å². The molecule has 1 unspecified atom stereocenters. The van der Waals surface area contributed by atoms with Crippen molar-refractivity contribution in [3.8, 4) is 0 Å². The lowest BCUT2D eigenvalue weighted by atomic mass is 10.0. The van der Waals surface area contributed by atoms with Crippen LogP contribution in [-0.4, -0.2) is 87.5 Å². The van der Waals surface area contributed by atoms with Gasteiger partial charge in [0.1, 0.15) is 23.2 Å². The van der Waals surface area contributed by atoms with E-state index in [9.17, 15) is 29.1 Å². The second-order valence-electron chi connectivity index (χ2n) is 13.2. The fraction of sp³-hybridized carbons (Fsp3) is 0.500. The summed E-state index contributed by atoms with van der Waals surface area (Å²) in [6.45, 7) is 5.25. The van der Waals surface area contributed by atoms with Gasteiger partial charge in [0.2, 0.25) is 11.8 Å². The Morgan fingerprint density at radius 2 is 1.78 bits per heavy atom. The normalized spacial score (nSPS) is 26.8. The zero-order chi connectivity index (χ0) is 32.4. The number of carboxylic acids is 1. The summed E-state index contributed by atoms with van der Waals surface area (Å²) in [5.41, 5.74) is -1.77. The number of ether oxygens (including phenoxy) is 1. The minimum absolute atomic E-state index is 0.0311. The minimum Gasteiger partial charge on any atom is -0.479 e. The molecule has 45 heavy (non-hydrogen) atoms. The first kappa shape index (κ1) is 32.0. The number of aliphatic carboxylic acids is 1. The van der Waals surface area contributed by atoms with Crippen LogP contribution >= 0.6 is 0 Å². The van der Waals surface area contributed by atoms with Crippen LogP contribution in [0.15, 0.2) is 54.6 Å². The Labute approximate surface area is 262 Å². The fourth-order valence-electron chi connectivity index (χ4n) is 6.26. The summed E-state index contributed by atoms with van der Waals surface area (Å²) in [5, 5.41) is 17.2. The maximum Gasteiger partial charge on any atom is 0.408 e. The lowest BCUT2D eigenvalue weighted by Crippen LogP contribution is -2.65. The van der Waals surface area contributed by atoms with Gasteiger partial charge in [0.25, 0.3) is 5.91 Å². The van der Waals surface area contributed by atoms with Crippen LogP contribution in [0.5, 0.6) is 0 Å². The van der Waals surface area contributed by atoms with Crippen LogP contribution < -0.4 is 10.6 Å². The molecule has 2 aliphatic heterocycles. The first-order valence-corrected chi connectivity index (χ1v) is 15.7. The number of rotatable bonds is 3. The predicted octanol–water partition coefficient (Wildman–Crippen LogP) is 3.87. The number of nitrogens with one attached hydrogen (secondary N) is 2. The largest absolute Gasteiger partial charge is 0.479 e. The summed E-state index contributed by atoms with van der Waals surface area (Å²) in [5.74, 6) is -2.92. The number of allylic oxidation sites excluding steroid dienone is 1. The number of hydrogen-bond donors (Lipinski definition) is 3. The second kappa shape index (κ2) is 12.9.